The highest BCUT2D eigenvalue weighted by Crippen LogP contribution is 2.26. The van der Waals surface area contributed by atoms with Gasteiger partial charge in [-0.2, -0.15) is 4.31 Å². The van der Waals surface area contributed by atoms with E-state index in [0.29, 0.717) is 35.1 Å². The molecule has 0 unspecified atom stereocenters. The maximum atomic E-state index is 12.9. The number of halogens is 1. The third kappa shape index (κ3) is 5.50. The number of amides is 1. The lowest BCUT2D eigenvalue weighted by molar-refractivity contribution is -0.128. The van der Waals surface area contributed by atoms with Gasteiger partial charge in [0.15, 0.2) is 5.60 Å². The molecule has 0 spiro atoms. The fraction of sp³-hybridized carbons (Fsp3) is 0.381. The molecule has 0 heterocycles. The Kier molecular flexibility index (Phi) is 7.32. The standard InChI is InChI=1S/C21H27ClN2O4S/c1-6-24(7-2)29(26,27)19-14-17(11-8-15(19)3)23-20(25)21(4,5)28-18-12-9-16(22)10-13-18/h8-14H,6-7H2,1-5H3,(H,23,25). The number of ether oxygens (including phenoxy) is 1. The van der Waals surface area contributed by atoms with E-state index in [4.69, 9.17) is 16.3 Å². The van der Waals surface area contributed by atoms with Crippen molar-refractivity contribution in [1.29, 1.82) is 0 Å². The van der Waals surface area contributed by atoms with E-state index < -0.39 is 21.5 Å². The van der Waals surface area contributed by atoms with Crippen LogP contribution in [0.25, 0.3) is 0 Å². The van der Waals surface area contributed by atoms with Crippen molar-refractivity contribution in [3.05, 3.63) is 53.1 Å². The van der Waals surface area contributed by atoms with Gasteiger partial charge in [0.05, 0.1) is 4.90 Å². The maximum absolute atomic E-state index is 12.9. The third-order valence-electron chi connectivity index (χ3n) is 4.50. The molecule has 158 valence electrons. The Bertz CT molecular complexity index is 969. The van der Waals surface area contributed by atoms with Gasteiger partial charge >= 0.3 is 0 Å². The molecular weight excluding hydrogens is 412 g/mol. The fourth-order valence-corrected chi connectivity index (χ4v) is 4.62. The van der Waals surface area contributed by atoms with Crippen LogP contribution in [0.1, 0.15) is 33.3 Å². The molecule has 1 N–H and O–H groups in total. The van der Waals surface area contributed by atoms with Gasteiger partial charge in [-0.05, 0) is 62.7 Å². The summed E-state index contributed by atoms with van der Waals surface area (Å²) in [6, 6.07) is 11.5. The molecule has 0 bridgehead atoms. The summed E-state index contributed by atoms with van der Waals surface area (Å²) in [5, 5.41) is 3.33. The summed E-state index contributed by atoms with van der Waals surface area (Å²) in [4.78, 5) is 13.0. The molecule has 0 saturated carbocycles. The summed E-state index contributed by atoms with van der Waals surface area (Å²) in [7, 11) is -3.64. The van der Waals surface area contributed by atoms with Crippen LogP contribution in [-0.4, -0.2) is 37.3 Å². The first kappa shape index (κ1) is 23.2. The maximum Gasteiger partial charge on any atom is 0.267 e. The second kappa shape index (κ2) is 9.15. The van der Waals surface area contributed by atoms with Crippen molar-refractivity contribution in [1.82, 2.24) is 4.31 Å². The molecule has 1 amide bonds. The summed E-state index contributed by atoms with van der Waals surface area (Å²) >= 11 is 5.87. The van der Waals surface area contributed by atoms with Gasteiger partial charge in [-0.3, -0.25) is 4.79 Å². The largest absolute Gasteiger partial charge is 0.478 e. The van der Waals surface area contributed by atoms with Crippen LogP contribution in [0, 0.1) is 6.92 Å². The molecule has 29 heavy (non-hydrogen) atoms. The number of carbonyl (C=O) groups excluding carboxylic acids is 1. The normalized spacial score (nSPS) is 12.1. The Balaban J connectivity index is 2.25. The molecule has 0 aliphatic heterocycles. The minimum Gasteiger partial charge on any atom is -0.478 e. The summed E-state index contributed by atoms with van der Waals surface area (Å²) in [5.41, 5.74) is -0.179. The van der Waals surface area contributed by atoms with Crippen molar-refractivity contribution < 1.29 is 17.9 Å². The summed E-state index contributed by atoms with van der Waals surface area (Å²) in [6.07, 6.45) is 0. The summed E-state index contributed by atoms with van der Waals surface area (Å²) < 4.78 is 33.0. The Labute approximate surface area is 177 Å². The minimum atomic E-state index is -3.64. The van der Waals surface area contributed by atoms with E-state index in [1.807, 2.05) is 0 Å². The Morgan fingerprint density at radius 2 is 1.69 bits per heavy atom. The smallest absolute Gasteiger partial charge is 0.267 e. The molecule has 6 nitrogen and oxygen atoms in total. The molecule has 0 saturated heterocycles. The van der Waals surface area contributed by atoms with Crippen molar-refractivity contribution in [2.45, 2.75) is 45.1 Å². The molecule has 0 aliphatic rings. The van der Waals surface area contributed by atoms with Crippen LogP contribution in [0.5, 0.6) is 5.75 Å². The van der Waals surface area contributed by atoms with Crippen LogP contribution in [0.3, 0.4) is 0 Å². The molecule has 8 heteroatoms. The van der Waals surface area contributed by atoms with Gasteiger partial charge < -0.3 is 10.1 Å². The summed E-state index contributed by atoms with van der Waals surface area (Å²) in [5.74, 6) is 0.103. The van der Waals surface area contributed by atoms with Gasteiger partial charge in [0.25, 0.3) is 5.91 Å². The Morgan fingerprint density at radius 1 is 1.10 bits per heavy atom. The lowest BCUT2D eigenvalue weighted by Crippen LogP contribution is -2.42. The molecule has 2 aromatic carbocycles. The molecule has 0 atom stereocenters. The van der Waals surface area contributed by atoms with Crippen LogP contribution in [0.4, 0.5) is 5.69 Å². The van der Waals surface area contributed by atoms with Crippen LogP contribution in [0.15, 0.2) is 47.4 Å². The SMILES string of the molecule is CCN(CC)S(=O)(=O)c1cc(NC(=O)C(C)(C)Oc2ccc(Cl)cc2)ccc1C. The predicted octanol–water partition coefficient (Wildman–Crippen LogP) is 4.48. The second-order valence-electron chi connectivity index (χ2n) is 7.09. The van der Waals surface area contributed by atoms with E-state index in [0.717, 1.165) is 0 Å². The number of hydrogen-bond donors (Lipinski definition) is 1. The molecular formula is C21H27ClN2O4S. The highest BCUT2D eigenvalue weighted by Gasteiger charge is 2.31. The number of sulfonamides is 1. The van der Waals surface area contributed by atoms with Crippen molar-refractivity contribution in [2.24, 2.45) is 0 Å². The van der Waals surface area contributed by atoms with Crippen molar-refractivity contribution in [3.63, 3.8) is 0 Å². The number of rotatable bonds is 8. The monoisotopic (exact) mass is 438 g/mol. The van der Waals surface area contributed by atoms with E-state index in [1.54, 1.807) is 71.0 Å². The molecule has 0 aliphatic carbocycles. The molecule has 2 rings (SSSR count). The van der Waals surface area contributed by atoms with Crippen molar-refractivity contribution in [3.8, 4) is 5.75 Å². The van der Waals surface area contributed by atoms with Gasteiger partial charge in [-0.1, -0.05) is 31.5 Å². The zero-order chi connectivity index (χ0) is 21.8. The minimum absolute atomic E-state index is 0.176. The number of nitrogens with zero attached hydrogens (tertiary/aromatic N) is 1. The summed E-state index contributed by atoms with van der Waals surface area (Å²) in [6.45, 7) is 9.33. The first-order chi connectivity index (χ1) is 13.5. The van der Waals surface area contributed by atoms with Crippen LogP contribution < -0.4 is 10.1 Å². The van der Waals surface area contributed by atoms with E-state index in [9.17, 15) is 13.2 Å². The van der Waals surface area contributed by atoms with E-state index in [-0.39, 0.29) is 4.90 Å². The number of carbonyl (C=O) groups is 1. The second-order valence-corrected chi connectivity index (χ2v) is 9.43. The fourth-order valence-electron chi connectivity index (χ4n) is 2.78. The van der Waals surface area contributed by atoms with E-state index in [2.05, 4.69) is 5.32 Å². The molecule has 0 fully saturated rings. The van der Waals surface area contributed by atoms with Crippen LogP contribution >= 0.6 is 11.6 Å². The predicted molar refractivity (Wildman–Crippen MR) is 116 cm³/mol. The molecule has 0 aromatic heterocycles. The third-order valence-corrected chi connectivity index (χ3v) is 6.95. The number of benzene rings is 2. The van der Waals surface area contributed by atoms with Gasteiger partial charge in [0.1, 0.15) is 5.75 Å². The average molecular weight is 439 g/mol. The zero-order valence-corrected chi connectivity index (χ0v) is 18.9. The average Bonchev–Trinajstić information content (AvgIpc) is 2.65. The quantitative estimate of drug-likeness (QED) is 0.659. The molecule has 0 radical (unpaired) electrons. The highest BCUT2D eigenvalue weighted by molar-refractivity contribution is 7.89. The molecule has 2 aromatic rings. The van der Waals surface area contributed by atoms with Gasteiger partial charge in [0.2, 0.25) is 10.0 Å². The Morgan fingerprint density at radius 3 is 2.24 bits per heavy atom. The zero-order valence-electron chi connectivity index (χ0n) is 17.3. The first-order valence-corrected chi connectivity index (χ1v) is 11.2. The van der Waals surface area contributed by atoms with Crippen molar-refractivity contribution >= 4 is 33.2 Å². The number of nitrogens with one attached hydrogen (secondary N) is 1. The highest BCUT2D eigenvalue weighted by atomic mass is 35.5. The van der Waals surface area contributed by atoms with Crippen LogP contribution in [0.2, 0.25) is 5.02 Å². The van der Waals surface area contributed by atoms with Gasteiger partial charge in [-0.15, -0.1) is 0 Å². The Hall–Kier alpha value is -2.09. The van der Waals surface area contributed by atoms with Crippen molar-refractivity contribution in [2.75, 3.05) is 18.4 Å². The first-order valence-electron chi connectivity index (χ1n) is 9.38. The number of anilines is 1. The van der Waals surface area contributed by atoms with Gasteiger partial charge in [-0.25, -0.2) is 8.42 Å². The number of hydrogen-bond acceptors (Lipinski definition) is 4. The topological polar surface area (TPSA) is 75.7 Å². The number of aryl methyl sites for hydroxylation is 1. The van der Waals surface area contributed by atoms with E-state index >= 15 is 0 Å². The lowest BCUT2D eigenvalue weighted by Gasteiger charge is -2.26. The van der Waals surface area contributed by atoms with Gasteiger partial charge in [0, 0.05) is 23.8 Å². The van der Waals surface area contributed by atoms with E-state index in [1.165, 1.54) is 10.4 Å². The van der Waals surface area contributed by atoms with Crippen LogP contribution in [-0.2, 0) is 14.8 Å². The lowest BCUT2D eigenvalue weighted by atomic mass is 10.1.